The Balaban J connectivity index is 2.11. The summed E-state index contributed by atoms with van der Waals surface area (Å²) in [7, 11) is 2.18. The maximum Gasteiger partial charge on any atom is 0.156 e. The number of hydrogen-bond donors (Lipinski definition) is 1. The lowest BCUT2D eigenvalue weighted by molar-refractivity contribution is 0.256. The van der Waals surface area contributed by atoms with Gasteiger partial charge in [-0.3, -0.25) is 4.99 Å². The fraction of sp³-hybridized carbons (Fsp3) is 0.909. The third-order valence-corrected chi connectivity index (χ3v) is 3.94. The van der Waals surface area contributed by atoms with E-state index in [0.29, 0.717) is 11.3 Å². The van der Waals surface area contributed by atoms with Crippen molar-refractivity contribution in [3.8, 4) is 0 Å². The highest BCUT2D eigenvalue weighted by Crippen LogP contribution is 2.18. The van der Waals surface area contributed by atoms with E-state index in [9.17, 15) is 0 Å². The minimum Gasteiger partial charge on any atom is -0.364 e. The predicted molar refractivity (Wildman–Crippen MR) is 69.7 cm³/mol. The Labute approximate surface area is 97.7 Å². The summed E-state index contributed by atoms with van der Waals surface area (Å²) in [5.41, 5.74) is 0. The molecule has 1 rings (SSSR count). The molecule has 1 N–H and O–H groups in total. The average Bonchev–Trinajstić information content (AvgIpc) is 2.63. The van der Waals surface area contributed by atoms with Crippen LogP contribution >= 0.6 is 11.8 Å². The standard InChI is InChI=1S/C11H23N3S/c1-5-9(2)14(4)7-6-12-11-13-8-10(3)15-11/h9-10H,5-8H2,1-4H3,(H,12,13). The summed E-state index contributed by atoms with van der Waals surface area (Å²) in [6, 6.07) is 0.670. The topological polar surface area (TPSA) is 27.6 Å². The van der Waals surface area contributed by atoms with Gasteiger partial charge in [-0.1, -0.05) is 25.6 Å². The number of aliphatic imine (C=N–C) groups is 1. The summed E-state index contributed by atoms with van der Waals surface area (Å²) in [5.74, 6) is 0. The minimum atomic E-state index is 0.653. The number of amidine groups is 1. The van der Waals surface area contributed by atoms with Crippen LogP contribution in [0.15, 0.2) is 4.99 Å². The van der Waals surface area contributed by atoms with Crippen molar-refractivity contribution in [2.45, 2.75) is 38.5 Å². The quantitative estimate of drug-likeness (QED) is 0.779. The zero-order valence-corrected chi connectivity index (χ0v) is 11.1. The van der Waals surface area contributed by atoms with Crippen molar-refractivity contribution in [1.29, 1.82) is 0 Å². The Hall–Kier alpha value is -0.220. The predicted octanol–water partition coefficient (Wildman–Crippen LogP) is 1.80. The van der Waals surface area contributed by atoms with Crippen LogP contribution in [0.25, 0.3) is 0 Å². The molecule has 88 valence electrons. The first-order valence-electron chi connectivity index (χ1n) is 5.78. The first kappa shape index (κ1) is 12.8. The molecule has 0 amide bonds. The first-order valence-corrected chi connectivity index (χ1v) is 6.66. The van der Waals surface area contributed by atoms with Crippen molar-refractivity contribution >= 4 is 16.9 Å². The van der Waals surface area contributed by atoms with Crippen LogP contribution in [-0.2, 0) is 0 Å². The van der Waals surface area contributed by atoms with Gasteiger partial charge in [-0.2, -0.15) is 0 Å². The molecule has 0 saturated heterocycles. The molecule has 1 aliphatic heterocycles. The van der Waals surface area contributed by atoms with Gasteiger partial charge in [0.15, 0.2) is 5.17 Å². The molecule has 1 heterocycles. The molecular weight excluding hydrogens is 206 g/mol. The number of rotatable bonds is 5. The first-order chi connectivity index (χ1) is 7.13. The Bertz CT molecular complexity index is 218. The van der Waals surface area contributed by atoms with Crippen LogP contribution in [0, 0.1) is 0 Å². The van der Waals surface area contributed by atoms with Gasteiger partial charge in [0, 0.05) is 24.4 Å². The zero-order chi connectivity index (χ0) is 11.3. The molecule has 2 atom stereocenters. The molecule has 0 radical (unpaired) electrons. The van der Waals surface area contributed by atoms with Crippen LogP contribution in [0.4, 0.5) is 0 Å². The summed E-state index contributed by atoms with van der Waals surface area (Å²) in [5, 5.41) is 5.17. The van der Waals surface area contributed by atoms with E-state index in [2.05, 4.69) is 43.0 Å². The number of likely N-dealkylation sites (N-methyl/N-ethyl adjacent to an activating group) is 1. The second-order valence-electron chi connectivity index (χ2n) is 4.24. The monoisotopic (exact) mass is 229 g/mol. The molecule has 15 heavy (non-hydrogen) atoms. The number of nitrogens with zero attached hydrogens (tertiary/aromatic N) is 2. The number of thioether (sulfide) groups is 1. The Morgan fingerprint density at radius 2 is 2.40 bits per heavy atom. The summed E-state index contributed by atoms with van der Waals surface area (Å²) >= 11 is 1.85. The van der Waals surface area contributed by atoms with Crippen LogP contribution in [0.1, 0.15) is 27.2 Å². The van der Waals surface area contributed by atoms with Crippen molar-refractivity contribution in [3.05, 3.63) is 0 Å². The van der Waals surface area contributed by atoms with Gasteiger partial charge in [0.2, 0.25) is 0 Å². The van der Waals surface area contributed by atoms with Crippen LogP contribution in [-0.4, -0.2) is 48.0 Å². The molecule has 0 spiro atoms. The number of nitrogens with one attached hydrogen (secondary N) is 1. The zero-order valence-electron chi connectivity index (χ0n) is 10.3. The van der Waals surface area contributed by atoms with Gasteiger partial charge in [0.25, 0.3) is 0 Å². The fourth-order valence-electron chi connectivity index (χ4n) is 1.45. The molecular formula is C11H23N3S. The second kappa shape index (κ2) is 6.38. The van der Waals surface area contributed by atoms with Crippen LogP contribution in [0.5, 0.6) is 0 Å². The normalized spacial score (nSPS) is 23.0. The van der Waals surface area contributed by atoms with Crippen molar-refractivity contribution < 1.29 is 0 Å². The lowest BCUT2D eigenvalue weighted by Crippen LogP contribution is -2.36. The van der Waals surface area contributed by atoms with Crippen molar-refractivity contribution in [2.24, 2.45) is 4.99 Å². The van der Waals surface area contributed by atoms with Crippen LogP contribution in [0.3, 0.4) is 0 Å². The van der Waals surface area contributed by atoms with Gasteiger partial charge in [-0.05, 0) is 20.4 Å². The summed E-state index contributed by atoms with van der Waals surface area (Å²) in [6.07, 6.45) is 1.21. The highest BCUT2D eigenvalue weighted by Gasteiger charge is 2.14. The molecule has 0 fully saturated rings. The molecule has 0 bridgehead atoms. The van der Waals surface area contributed by atoms with E-state index in [1.807, 2.05) is 11.8 Å². The molecule has 0 aromatic rings. The highest BCUT2D eigenvalue weighted by atomic mass is 32.2. The molecule has 3 nitrogen and oxygen atoms in total. The molecule has 0 aliphatic carbocycles. The summed E-state index contributed by atoms with van der Waals surface area (Å²) < 4.78 is 0. The molecule has 1 aliphatic rings. The molecule has 0 aromatic heterocycles. The van der Waals surface area contributed by atoms with Gasteiger partial charge < -0.3 is 10.2 Å². The molecule has 4 heteroatoms. The summed E-state index contributed by atoms with van der Waals surface area (Å²) in [4.78, 5) is 6.81. The SMILES string of the molecule is CCC(C)N(C)CCNC1=NCC(C)S1. The second-order valence-corrected chi connectivity index (χ2v) is 5.67. The third-order valence-electron chi connectivity index (χ3n) is 2.89. The smallest absolute Gasteiger partial charge is 0.156 e. The Morgan fingerprint density at radius 1 is 1.67 bits per heavy atom. The Morgan fingerprint density at radius 3 is 2.93 bits per heavy atom. The maximum absolute atomic E-state index is 4.43. The van der Waals surface area contributed by atoms with E-state index in [1.165, 1.54) is 6.42 Å². The van der Waals surface area contributed by atoms with Crippen LogP contribution < -0.4 is 5.32 Å². The van der Waals surface area contributed by atoms with E-state index in [1.54, 1.807) is 0 Å². The maximum atomic E-state index is 4.43. The van der Waals surface area contributed by atoms with E-state index in [-0.39, 0.29) is 0 Å². The van der Waals surface area contributed by atoms with Crippen molar-refractivity contribution in [2.75, 3.05) is 26.7 Å². The van der Waals surface area contributed by atoms with E-state index >= 15 is 0 Å². The average molecular weight is 229 g/mol. The molecule has 2 unspecified atom stereocenters. The largest absolute Gasteiger partial charge is 0.364 e. The van der Waals surface area contributed by atoms with E-state index in [0.717, 1.165) is 24.8 Å². The lowest BCUT2D eigenvalue weighted by Gasteiger charge is -2.23. The van der Waals surface area contributed by atoms with Gasteiger partial charge in [0.05, 0.1) is 6.54 Å². The van der Waals surface area contributed by atoms with Gasteiger partial charge in [0.1, 0.15) is 0 Å². The lowest BCUT2D eigenvalue weighted by atomic mass is 10.2. The molecule has 0 saturated carbocycles. The fourth-order valence-corrected chi connectivity index (χ4v) is 2.31. The minimum absolute atomic E-state index is 0.653. The van der Waals surface area contributed by atoms with Crippen LogP contribution in [0.2, 0.25) is 0 Å². The van der Waals surface area contributed by atoms with Gasteiger partial charge in [-0.15, -0.1) is 0 Å². The van der Waals surface area contributed by atoms with Crippen molar-refractivity contribution in [1.82, 2.24) is 10.2 Å². The van der Waals surface area contributed by atoms with Crippen molar-refractivity contribution in [3.63, 3.8) is 0 Å². The summed E-state index contributed by atoms with van der Waals surface area (Å²) in [6.45, 7) is 9.77. The van der Waals surface area contributed by atoms with Gasteiger partial charge >= 0.3 is 0 Å². The third kappa shape index (κ3) is 4.43. The number of hydrogen-bond acceptors (Lipinski definition) is 4. The highest BCUT2D eigenvalue weighted by molar-refractivity contribution is 8.14. The molecule has 0 aromatic carbocycles. The van der Waals surface area contributed by atoms with Gasteiger partial charge in [-0.25, -0.2) is 0 Å². The van der Waals surface area contributed by atoms with E-state index in [4.69, 9.17) is 0 Å². The van der Waals surface area contributed by atoms with E-state index < -0.39 is 0 Å². The Kier molecular flexibility index (Phi) is 5.47.